The number of benzene rings is 3. The van der Waals surface area contributed by atoms with E-state index in [2.05, 4.69) is 4.98 Å². The van der Waals surface area contributed by atoms with Crippen molar-refractivity contribution in [2.75, 3.05) is 0 Å². The Kier molecular flexibility index (Phi) is 5.56. The van der Waals surface area contributed by atoms with Gasteiger partial charge in [0, 0.05) is 21.7 Å². The normalized spacial score (nSPS) is 12.6. The maximum atomic E-state index is 13.7. The molecule has 0 aliphatic carbocycles. The van der Waals surface area contributed by atoms with Crippen LogP contribution in [0.15, 0.2) is 83.8 Å². The van der Waals surface area contributed by atoms with E-state index in [9.17, 15) is 13.2 Å². The molecular weight excluding hydrogens is 405 g/mol. The molecule has 1 unspecified atom stereocenters. The molecule has 0 radical (unpaired) electrons. The largest absolute Gasteiger partial charge is 0.390 e. The van der Waals surface area contributed by atoms with Gasteiger partial charge in [0.25, 0.3) is 0 Å². The van der Waals surface area contributed by atoms with Crippen LogP contribution in [0.5, 0.6) is 0 Å². The summed E-state index contributed by atoms with van der Waals surface area (Å²) in [7, 11) is 0. The van der Waals surface area contributed by atoms with Crippen LogP contribution in [-0.4, -0.2) is 11.2 Å². The summed E-state index contributed by atoms with van der Waals surface area (Å²) >= 11 is 0.986. The van der Waals surface area contributed by atoms with Crippen LogP contribution in [0.1, 0.15) is 23.5 Å². The molecule has 0 saturated heterocycles. The minimum atomic E-state index is -4.34. The predicted molar refractivity (Wildman–Crippen MR) is 114 cm³/mol. The second-order valence-electron chi connectivity index (χ2n) is 6.96. The standard InChI is InChI=1S/C24H17F3N2S/c25-24(26,27)14-20(16-10-12-18(13-11-16)30-15-28)22-19-8-4-5-9-21(19)29-23(22)17-6-2-1-3-7-17/h1-13,20,29H,14H2. The zero-order chi connectivity index (χ0) is 21.1. The molecule has 6 heteroatoms. The first-order valence-electron chi connectivity index (χ1n) is 9.35. The fourth-order valence-electron chi connectivity index (χ4n) is 3.80. The summed E-state index contributed by atoms with van der Waals surface area (Å²) in [5.41, 5.74) is 3.54. The minimum absolute atomic E-state index is 0.566. The number of nitriles is 1. The highest BCUT2D eigenvalue weighted by Crippen LogP contribution is 2.44. The number of fused-ring (bicyclic) bond motifs is 1. The molecule has 1 N–H and O–H groups in total. The minimum Gasteiger partial charge on any atom is -0.354 e. The van der Waals surface area contributed by atoms with Crippen molar-refractivity contribution in [1.82, 2.24) is 4.98 Å². The molecule has 1 atom stereocenters. The predicted octanol–water partition coefficient (Wildman–Crippen LogP) is 7.49. The van der Waals surface area contributed by atoms with Gasteiger partial charge in [-0.15, -0.1) is 0 Å². The van der Waals surface area contributed by atoms with E-state index in [-0.39, 0.29) is 0 Å². The number of halogens is 3. The number of thiocyanates is 1. The SMILES string of the molecule is N#CSc1ccc(C(CC(F)(F)F)c2c(-c3ccccc3)[nH]c3ccccc23)cc1. The molecule has 0 saturated carbocycles. The molecule has 4 aromatic rings. The lowest BCUT2D eigenvalue weighted by Gasteiger charge is -2.21. The van der Waals surface area contributed by atoms with Crippen molar-refractivity contribution in [3.63, 3.8) is 0 Å². The smallest absolute Gasteiger partial charge is 0.354 e. The molecule has 3 aromatic carbocycles. The van der Waals surface area contributed by atoms with Crippen molar-refractivity contribution in [3.05, 3.63) is 90.0 Å². The van der Waals surface area contributed by atoms with Crippen LogP contribution >= 0.6 is 11.8 Å². The molecule has 0 fully saturated rings. The van der Waals surface area contributed by atoms with Crippen molar-refractivity contribution in [2.24, 2.45) is 0 Å². The fourth-order valence-corrected chi connectivity index (χ4v) is 4.17. The summed E-state index contributed by atoms with van der Waals surface area (Å²) in [5.74, 6) is -0.877. The molecule has 4 rings (SSSR count). The Labute approximate surface area is 176 Å². The third-order valence-electron chi connectivity index (χ3n) is 5.04. The number of H-pyrrole nitrogens is 1. The molecule has 0 aliphatic heterocycles. The second kappa shape index (κ2) is 8.29. The van der Waals surface area contributed by atoms with Gasteiger partial charge < -0.3 is 4.98 Å². The number of hydrogen-bond acceptors (Lipinski definition) is 2. The number of aromatic nitrogens is 1. The highest BCUT2D eigenvalue weighted by molar-refractivity contribution is 8.03. The van der Waals surface area contributed by atoms with Gasteiger partial charge in [-0.1, -0.05) is 60.7 Å². The Balaban J connectivity index is 1.93. The number of nitrogens with zero attached hydrogens (tertiary/aromatic N) is 1. The van der Waals surface area contributed by atoms with Gasteiger partial charge in [-0.2, -0.15) is 18.4 Å². The highest BCUT2D eigenvalue weighted by atomic mass is 32.2. The Hall–Kier alpha value is -3.17. The lowest BCUT2D eigenvalue weighted by Crippen LogP contribution is -2.15. The van der Waals surface area contributed by atoms with E-state index < -0.39 is 18.5 Å². The highest BCUT2D eigenvalue weighted by Gasteiger charge is 2.36. The third kappa shape index (κ3) is 4.22. The molecule has 0 bridgehead atoms. The summed E-state index contributed by atoms with van der Waals surface area (Å²) in [6.45, 7) is 0. The topological polar surface area (TPSA) is 39.6 Å². The quantitative estimate of drug-likeness (QED) is 0.267. The van der Waals surface area contributed by atoms with Gasteiger partial charge >= 0.3 is 6.18 Å². The Morgan fingerprint density at radius 3 is 2.23 bits per heavy atom. The van der Waals surface area contributed by atoms with Gasteiger partial charge in [-0.05, 0) is 46.7 Å². The van der Waals surface area contributed by atoms with Gasteiger partial charge in [-0.25, -0.2) is 0 Å². The van der Waals surface area contributed by atoms with E-state index in [4.69, 9.17) is 5.26 Å². The molecular formula is C24H17F3N2S. The van der Waals surface area contributed by atoms with Crippen molar-refractivity contribution in [1.29, 1.82) is 5.26 Å². The molecule has 30 heavy (non-hydrogen) atoms. The van der Waals surface area contributed by atoms with Crippen LogP contribution in [0.25, 0.3) is 22.2 Å². The second-order valence-corrected chi connectivity index (χ2v) is 7.82. The summed E-state index contributed by atoms with van der Waals surface area (Å²) in [5, 5.41) is 11.6. The molecule has 0 aliphatic rings. The molecule has 0 spiro atoms. The number of rotatable bonds is 5. The molecule has 1 heterocycles. The number of hydrogen-bond donors (Lipinski definition) is 1. The molecule has 2 nitrogen and oxygen atoms in total. The average molecular weight is 422 g/mol. The van der Waals surface area contributed by atoms with E-state index in [1.807, 2.05) is 60.0 Å². The lowest BCUT2D eigenvalue weighted by atomic mass is 9.85. The van der Waals surface area contributed by atoms with Crippen LogP contribution in [0.2, 0.25) is 0 Å². The monoisotopic (exact) mass is 422 g/mol. The lowest BCUT2D eigenvalue weighted by molar-refractivity contribution is -0.136. The Morgan fingerprint density at radius 1 is 0.900 bits per heavy atom. The number of aromatic amines is 1. The summed E-state index contributed by atoms with van der Waals surface area (Å²) in [4.78, 5) is 4.04. The fraction of sp³-hybridized carbons (Fsp3) is 0.125. The maximum absolute atomic E-state index is 13.7. The van der Waals surface area contributed by atoms with Crippen molar-refractivity contribution >= 4 is 22.7 Å². The number of alkyl halides is 3. The first kappa shape index (κ1) is 20.1. The number of thioether (sulfide) groups is 1. The van der Waals surface area contributed by atoms with E-state index in [0.29, 0.717) is 21.7 Å². The number of para-hydroxylation sites is 1. The van der Waals surface area contributed by atoms with Crippen molar-refractivity contribution in [3.8, 4) is 16.7 Å². The van der Waals surface area contributed by atoms with Gasteiger partial charge in [0.05, 0.1) is 12.1 Å². The molecule has 150 valence electrons. The van der Waals surface area contributed by atoms with Crippen LogP contribution in [-0.2, 0) is 0 Å². The molecule has 1 aromatic heterocycles. The van der Waals surface area contributed by atoms with E-state index in [1.54, 1.807) is 24.3 Å². The maximum Gasteiger partial charge on any atom is 0.390 e. The Bertz CT molecular complexity index is 1190. The third-order valence-corrected chi connectivity index (χ3v) is 5.64. The van der Waals surface area contributed by atoms with Gasteiger partial charge in [0.15, 0.2) is 0 Å². The average Bonchev–Trinajstić information content (AvgIpc) is 3.12. The number of nitrogens with one attached hydrogen (secondary N) is 1. The van der Waals surface area contributed by atoms with E-state index in [0.717, 1.165) is 28.2 Å². The van der Waals surface area contributed by atoms with E-state index in [1.165, 1.54) is 0 Å². The van der Waals surface area contributed by atoms with Crippen LogP contribution in [0, 0.1) is 10.7 Å². The van der Waals surface area contributed by atoms with Gasteiger partial charge in [0.1, 0.15) is 5.40 Å². The Morgan fingerprint density at radius 2 is 1.57 bits per heavy atom. The summed E-state index contributed by atoms with van der Waals surface area (Å²) in [6, 6.07) is 23.6. The zero-order valence-corrected chi connectivity index (χ0v) is 16.6. The first-order valence-corrected chi connectivity index (χ1v) is 10.2. The molecule has 0 amide bonds. The van der Waals surface area contributed by atoms with Crippen LogP contribution in [0.3, 0.4) is 0 Å². The first-order chi connectivity index (χ1) is 14.5. The van der Waals surface area contributed by atoms with Crippen LogP contribution < -0.4 is 0 Å². The van der Waals surface area contributed by atoms with Crippen molar-refractivity contribution < 1.29 is 13.2 Å². The van der Waals surface area contributed by atoms with Crippen molar-refractivity contribution in [2.45, 2.75) is 23.4 Å². The van der Waals surface area contributed by atoms with Gasteiger partial charge in [0.2, 0.25) is 0 Å². The van der Waals surface area contributed by atoms with Gasteiger partial charge in [-0.3, -0.25) is 0 Å². The summed E-state index contributed by atoms with van der Waals surface area (Å²) < 4.78 is 41.0. The van der Waals surface area contributed by atoms with E-state index >= 15 is 0 Å². The zero-order valence-electron chi connectivity index (χ0n) is 15.8. The van der Waals surface area contributed by atoms with Crippen LogP contribution in [0.4, 0.5) is 13.2 Å². The summed E-state index contributed by atoms with van der Waals surface area (Å²) in [6.07, 6.45) is -5.31.